The molecule has 3 rings (SSSR count). The third-order valence-corrected chi connectivity index (χ3v) is 4.98. The standard InChI is InChI=1S/C19H19FN4OS/c1-13(14-8-4-3-5-9-14)21-17(25)12-26-19-23-22-18(24(19)2)15-10-6-7-11-16(15)20/h3-11,13H,12H2,1-2H3,(H,21,25). The van der Waals surface area contributed by atoms with Crippen molar-refractivity contribution in [3.05, 3.63) is 66.0 Å². The average molecular weight is 370 g/mol. The van der Waals surface area contributed by atoms with Gasteiger partial charge in [-0.05, 0) is 24.6 Å². The van der Waals surface area contributed by atoms with Gasteiger partial charge in [0.25, 0.3) is 0 Å². The Balaban J connectivity index is 1.62. The van der Waals surface area contributed by atoms with Gasteiger partial charge in [-0.1, -0.05) is 54.2 Å². The normalized spacial score (nSPS) is 12.0. The van der Waals surface area contributed by atoms with Gasteiger partial charge in [-0.2, -0.15) is 0 Å². The van der Waals surface area contributed by atoms with E-state index in [1.807, 2.05) is 37.3 Å². The van der Waals surface area contributed by atoms with Crippen LogP contribution in [0.3, 0.4) is 0 Å². The van der Waals surface area contributed by atoms with Crippen molar-refractivity contribution in [2.45, 2.75) is 18.1 Å². The van der Waals surface area contributed by atoms with E-state index in [-0.39, 0.29) is 23.5 Å². The minimum Gasteiger partial charge on any atom is -0.349 e. The minimum atomic E-state index is -0.353. The number of hydrogen-bond acceptors (Lipinski definition) is 4. The smallest absolute Gasteiger partial charge is 0.230 e. The van der Waals surface area contributed by atoms with Crippen LogP contribution in [-0.4, -0.2) is 26.4 Å². The van der Waals surface area contributed by atoms with Gasteiger partial charge in [0, 0.05) is 7.05 Å². The molecule has 0 saturated heterocycles. The van der Waals surface area contributed by atoms with Crippen LogP contribution >= 0.6 is 11.8 Å². The molecule has 26 heavy (non-hydrogen) atoms. The second-order valence-corrected chi connectivity index (χ2v) is 6.78. The van der Waals surface area contributed by atoms with Crippen LogP contribution in [0.5, 0.6) is 0 Å². The second kappa shape index (κ2) is 8.14. The minimum absolute atomic E-state index is 0.0715. The molecule has 1 heterocycles. The van der Waals surface area contributed by atoms with E-state index in [0.717, 1.165) is 5.56 Å². The molecule has 0 bridgehead atoms. The highest BCUT2D eigenvalue weighted by Crippen LogP contribution is 2.24. The Morgan fingerprint density at radius 1 is 1.15 bits per heavy atom. The number of thioether (sulfide) groups is 1. The molecule has 1 N–H and O–H groups in total. The molecule has 1 aromatic heterocycles. The Morgan fingerprint density at radius 3 is 2.58 bits per heavy atom. The lowest BCUT2D eigenvalue weighted by Gasteiger charge is -2.14. The molecule has 5 nitrogen and oxygen atoms in total. The molecule has 1 amide bonds. The summed E-state index contributed by atoms with van der Waals surface area (Å²) in [6.07, 6.45) is 0. The molecule has 0 aliphatic carbocycles. The van der Waals surface area contributed by atoms with Gasteiger partial charge in [0.05, 0.1) is 17.4 Å². The van der Waals surface area contributed by atoms with Gasteiger partial charge >= 0.3 is 0 Å². The highest BCUT2D eigenvalue weighted by molar-refractivity contribution is 7.99. The summed E-state index contributed by atoms with van der Waals surface area (Å²) in [4.78, 5) is 12.2. The van der Waals surface area contributed by atoms with E-state index < -0.39 is 0 Å². The van der Waals surface area contributed by atoms with Crippen LogP contribution in [0.1, 0.15) is 18.5 Å². The number of carbonyl (C=O) groups excluding carboxylic acids is 1. The zero-order valence-corrected chi connectivity index (χ0v) is 15.3. The summed E-state index contributed by atoms with van der Waals surface area (Å²) in [6.45, 7) is 1.94. The van der Waals surface area contributed by atoms with E-state index in [4.69, 9.17) is 0 Å². The number of rotatable bonds is 6. The van der Waals surface area contributed by atoms with Crippen molar-refractivity contribution in [3.8, 4) is 11.4 Å². The molecule has 134 valence electrons. The SMILES string of the molecule is CC(NC(=O)CSc1nnc(-c2ccccc2F)n1C)c1ccccc1. The predicted octanol–water partition coefficient (Wildman–Crippen LogP) is 3.59. The monoisotopic (exact) mass is 370 g/mol. The third kappa shape index (κ3) is 4.11. The fourth-order valence-corrected chi connectivity index (χ4v) is 3.28. The summed E-state index contributed by atoms with van der Waals surface area (Å²) in [5, 5.41) is 11.6. The van der Waals surface area contributed by atoms with Crippen molar-refractivity contribution in [3.63, 3.8) is 0 Å². The first kappa shape index (κ1) is 18.1. The molecule has 1 unspecified atom stereocenters. The molecular weight excluding hydrogens is 351 g/mol. The highest BCUT2D eigenvalue weighted by Gasteiger charge is 2.16. The zero-order valence-electron chi connectivity index (χ0n) is 14.5. The molecule has 0 aliphatic rings. The fourth-order valence-electron chi connectivity index (χ4n) is 2.56. The Morgan fingerprint density at radius 2 is 1.85 bits per heavy atom. The van der Waals surface area contributed by atoms with Gasteiger partial charge in [-0.3, -0.25) is 4.79 Å². The van der Waals surface area contributed by atoms with Crippen molar-refractivity contribution in [1.29, 1.82) is 0 Å². The van der Waals surface area contributed by atoms with Gasteiger partial charge in [0.15, 0.2) is 11.0 Å². The number of nitrogens with one attached hydrogen (secondary N) is 1. The van der Waals surface area contributed by atoms with Crippen LogP contribution in [-0.2, 0) is 11.8 Å². The van der Waals surface area contributed by atoms with Crippen molar-refractivity contribution in [2.24, 2.45) is 7.05 Å². The first-order valence-electron chi connectivity index (χ1n) is 8.17. The fraction of sp³-hybridized carbons (Fsp3) is 0.211. The summed E-state index contributed by atoms with van der Waals surface area (Å²) in [6, 6.07) is 16.1. The maximum atomic E-state index is 13.9. The van der Waals surface area contributed by atoms with Gasteiger partial charge in [-0.25, -0.2) is 4.39 Å². The zero-order chi connectivity index (χ0) is 18.5. The highest BCUT2D eigenvalue weighted by atomic mass is 32.2. The van der Waals surface area contributed by atoms with Crippen LogP contribution in [0.4, 0.5) is 4.39 Å². The first-order chi connectivity index (χ1) is 12.6. The van der Waals surface area contributed by atoms with Crippen molar-refractivity contribution >= 4 is 17.7 Å². The van der Waals surface area contributed by atoms with Crippen LogP contribution < -0.4 is 5.32 Å². The largest absolute Gasteiger partial charge is 0.349 e. The summed E-state index contributed by atoms with van der Waals surface area (Å²) in [7, 11) is 1.76. The summed E-state index contributed by atoms with van der Waals surface area (Å²) in [5.74, 6) is 0.194. The average Bonchev–Trinajstić information content (AvgIpc) is 3.01. The van der Waals surface area contributed by atoms with E-state index in [2.05, 4.69) is 15.5 Å². The van der Waals surface area contributed by atoms with Crippen LogP contribution in [0.2, 0.25) is 0 Å². The van der Waals surface area contributed by atoms with Crippen molar-refractivity contribution < 1.29 is 9.18 Å². The molecule has 0 fully saturated rings. The molecule has 7 heteroatoms. The summed E-state index contributed by atoms with van der Waals surface area (Å²) < 4.78 is 15.6. The quantitative estimate of drug-likeness (QED) is 0.674. The molecule has 0 spiro atoms. The Kier molecular flexibility index (Phi) is 5.68. The van der Waals surface area contributed by atoms with Crippen molar-refractivity contribution in [2.75, 3.05) is 5.75 Å². The maximum Gasteiger partial charge on any atom is 0.230 e. The van der Waals surface area contributed by atoms with Crippen LogP contribution in [0, 0.1) is 5.82 Å². The first-order valence-corrected chi connectivity index (χ1v) is 9.16. The van der Waals surface area contributed by atoms with E-state index >= 15 is 0 Å². The van der Waals surface area contributed by atoms with Gasteiger partial charge in [0.1, 0.15) is 5.82 Å². The maximum absolute atomic E-state index is 13.9. The van der Waals surface area contributed by atoms with Crippen molar-refractivity contribution in [1.82, 2.24) is 20.1 Å². The Labute approximate surface area is 155 Å². The lowest BCUT2D eigenvalue weighted by Crippen LogP contribution is -2.28. The molecule has 0 radical (unpaired) electrons. The van der Waals surface area contributed by atoms with Crippen LogP contribution in [0.25, 0.3) is 11.4 Å². The van der Waals surface area contributed by atoms with Crippen LogP contribution in [0.15, 0.2) is 59.8 Å². The van der Waals surface area contributed by atoms with Gasteiger partial charge < -0.3 is 9.88 Å². The molecule has 0 saturated carbocycles. The summed E-state index contributed by atoms with van der Waals surface area (Å²) >= 11 is 1.27. The molecule has 0 aliphatic heterocycles. The number of halogens is 1. The lowest BCUT2D eigenvalue weighted by molar-refractivity contribution is -0.119. The number of hydrogen-bond donors (Lipinski definition) is 1. The molecule has 1 atom stereocenters. The topological polar surface area (TPSA) is 59.8 Å². The second-order valence-electron chi connectivity index (χ2n) is 5.83. The molecule has 2 aromatic carbocycles. The van der Waals surface area contributed by atoms with Gasteiger partial charge in [0.2, 0.25) is 5.91 Å². The van der Waals surface area contributed by atoms with E-state index in [1.54, 1.807) is 29.8 Å². The number of carbonyl (C=O) groups is 1. The van der Waals surface area contributed by atoms with E-state index in [1.165, 1.54) is 17.8 Å². The number of aromatic nitrogens is 3. The van der Waals surface area contributed by atoms with E-state index in [0.29, 0.717) is 16.5 Å². The van der Waals surface area contributed by atoms with Gasteiger partial charge in [-0.15, -0.1) is 10.2 Å². The number of nitrogens with zero attached hydrogens (tertiary/aromatic N) is 3. The predicted molar refractivity (Wildman–Crippen MR) is 100 cm³/mol. The Bertz CT molecular complexity index is 898. The lowest BCUT2D eigenvalue weighted by atomic mass is 10.1. The third-order valence-electron chi connectivity index (χ3n) is 3.96. The number of amides is 1. The molecule has 3 aromatic rings. The summed E-state index contributed by atoms with van der Waals surface area (Å²) in [5.41, 5.74) is 1.43. The Hall–Kier alpha value is -2.67. The molecular formula is C19H19FN4OS. The number of benzene rings is 2. The van der Waals surface area contributed by atoms with E-state index in [9.17, 15) is 9.18 Å².